The Morgan fingerprint density at radius 1 is 1.54 bits per heavy atom. The van der Waals surface area contributed by atoms with Crippen molar-refractivity contribution in [1.29, 1.82) is 0 Å². The van der Waals surface area contributed by atoms with E-state index in [1.54, 1.807) is 0 Å². The van der Waals surface area contributed by atoms with Crippen LogP contribution in [-0.4, -0.2) is 31.2 Å². The van der Waals surface area contributed by atoms with Crippen LogP contribution in [0.25, 0.3) is 0 Å². The number of amides is 1. The number of ether oxygens (including phenoxy) is 1. The normalized spacial score (nSPS) is 15.1. The third-order valence-electron chi connectivity index (χ3n) is 1.57. The molecule has 0 aromatic heterocycles. The van der Waals surface area contributed by atoms with Gasteiger partial charge in [-0.15, -0.1) is 0 Å². The predicted molar refractivity (Wildman–Crippen MR) is 52.4 cm³/mol. The van der Waals surface area contributed by atoms with Gasteiger partial charge < -0.3 is 15.8 Å². The fraction of sp³-hybridized carbons (Fsp3) is 0.889. The molecular weight excluding hydrogens is 168 g/mol. The van der Waals surface area contributed by atoms with Crippen LogP contribution in [0.1, 0.15) is 27.2 Å². The van der Waals surface area contributed by atoms with Crippen LogP contribution in [0.4, 0.5) is 0 Å². The molecule has 78 valence electrons. The monoisotopic (exact) mass is 188 g/mol. The molecule has 0 aliphatic rings. The maximum atomic E-state index is 11.1. The van der Waals surface area contributed by atoms with Gasteiger partial charge in [-0.25, -0.2) is 0 Å². The zero-order valence-electron chi connectivity index (χ0n) is 8.67. The van der Waals surface area contributed by atoms with E-state index in [9.17, 15) is 4.79 Å². The molecule has 0 spiro atoms. The SMILES string of the molecule is CCOCC(=O)NC(C)CC(C)N. The van der Waals surface area contributed by atoms with Crippen molar-refractivity contribution in [3.05, 3.63) is 0 Å². The average Bonchev–Trinajstić information content (AvgIpc) is 1.98. The quantitative estimate of drug-likeness (QED) is 0.628. The molecule has 4 nitrogen and oxygen atoms in total. The molecule has 2 atom stereocenters. The molecule has 0 aliphatic carbocycles. The maximum absolute atomic E-state index is 11.1. The van der Waals surface area contributed by atoms with E-state index < -0.39 is 0 Å². The Hall–Kier alpha value is -0.610. The lowest BCUT2D eigenvalue weighted by molar-refractivity contribution is -0.126. The first kappa shape index (κ1) is 12.4. The summed E-state index contributed by atoms with van der Waals surface area (Å²) in [5, 5.41) is 2.80. The molecule has 2 unspecified atom stereocenters. The van der Waals surface area contributed by atoms with E-state index in [1.807, 2.05) is 20.8 Å². The van der Waals surface area contributed by atoms with Crippen LogP contribution in [0.2, 0.25) is 0 Å². The molecule has 3 N–H and O–H groups in total. The van der Waals surface area contributed by atoms with E-state index >= 15 is 0 Å². The third kappa shape index (κ3) is 7.74. The number of rotatable bonds is 6. The topological polar surface area (TPSA) is 64.3 Å². The minimum Gasteiger partial charge on any atom is -0.372 e. The Morgan fingerprint density at radius 2 is 2.15 bits per heavy atom. The van der Waals surface area contributed by atoms with Crippen LogP contribution in [0.5, 0.6) is 0 Å². The number of carbonyl (C=O) groups excluding carboxylic acids is 1. The lowest BCUT2D eigenvalue weighted by Crippen LogP contribution is -2.38. The van der Waals surface area contributed by atoms with Crippen molar-refractivity contribution in [2.24, 2.45) is 5.73 Å². The highest BCUT2D eigenvalue weighted by atomic mass is 16.5. The van der Waals surface area contributed by atoms with Crippen molar-refractivity contribution in [3.63, 3.8) is 0 Å². The molecule has 0 bridgehead atoms. The fourth-order valence-corrected chi connectivity index (χ4v) is 1.13. The van der Waals surface area contributed by atoms with Crippen LogP contribution in [-0.2, 0) is 9.53 Å². The molecular formula is C9H20N2O2. The van der Waals surface area contributed by atoms with Gasteiger partial charge in [-0.2, -0.15) is 0 Å². The summed E-state index contributed by atoms with van der Waals surface area (Å²) < 4.78 is 4.96. The van der Waals surface area contributed by atoms with Gasteiger partial charge in [-0.05, 0) is 27.2 Å². The molecule has 0 aliphatic heterocycles. The molecule has 0 radical (unpaired) electrons. The van der Waals surface area contributed by atoms with E-state index in [2.05, 4.69) is 5.32 Å². The van der Waals surface area contributed by atoms with Crippen molar-refractivity contribution in [2.45, 2.75) is 39.3 Å². The molecule has 0 saturated carbocycles. The summed E-state index contributed by atoms with van der Waals surface area (Å²) in [5.74, 6) is -0.0741. The summed E-state index contributed by atoms with van der Waals surface area (Å²) in [6.45, 7) is 6.42. The standard InChI is InChI=1S/C9H20N2O2/c1-4-13-6-9(12)11-8(3)5-7(2)10/h7-8H,4-6,10H2,1-3H3,(H,11,12). The number of hydrogen-bond acceptors (Lipinski definition) is 3. The fourth-order valence-electron chi connectivity index (χ4n) is 1.13. The smallest absolute Gasteiger partial charge is 0.246 e. The van der Waals surface area contributed by atoms with E-state index in [0.717, 1.165) is 6.42 Å². The van der Waals surface area contributed by atoms with Crippen LogP contribution in [0.3, 0.4) is 0 Å². The molecule has 0 heterocycles. The zero-order chi connectivity index (χ0) is 10.3. The molecule has 4 heteroatoms. The van der Waals surface area contributed by atoms with Crippen molar-refractivity contribution >= 4 is 5.91 Å². The third-order valence-corrected chi connectivity index (χ3v) is 1.57. The van der Waals surface area contributed by atoms with Gasteiger partial charge in [-0.3, -0.25) is 4.79 Å². The predicted octanol–water partition coefficient (Wildman–Crippen LogP) is 0.265. The minimum absolute atomic E-state index is 0.0741. The van der Waals surface area contributed by atoms with Crippen molar-refractivity contribution in [1.82, 2.24) is 5.32 Å². The van der Waals surface area contributed by atoms with Gasteiger partial charge in [0, 0.05) is 18.7 Å². The Bertz CT molecular complexity index is 149. The van der Waals surface area contributed by atoms with Gasteiger partial charge >= 0.3 is 0 Å². The second-order valence-electron chi connectivity index (χ2n) is 3.32. The van der Waals surface area contributed by atoms with Gasteiger partial charge in [0.2, 0.25) is 5.91 Å². The summed E-state index contributed by atoms with van der Waals surface area (Å²) in [4.78, 5) is 11.1. The largest absolute Gasteiger partial charge is 0.372 e. The Balaban J connectivity index is 3.53. The van der Waals surface area contributed by atoms with Gasteiger partial charge in [-0.1, -0.05) is 0 Å². The molecule has 0 fully saturated rings. The summed E-state index contributed by atoms with van der Waals surface area (Å²) in [5.41, 5.74) is 5.59. The Morgan fingerprint density at radius 3 is 2.62 bits per heavy atom. The average molecular weight is 188 g/mol. The first-order chi connectivity index (χ1) is 6.06. The van der Waals surface area contributed by atoms with E-state index in [0.29, 0.717) is 6.61 Å². The Kier molecular flexibility index (Phi) is 6.54. The first-order valence-corrected chi connectivity index (χ1v) is 4.69. The highest BCUT2D eigenvalue weighted by Crippen LogP contribution is 1.93. The number of nitrogens with two attached hydrogens (primary N) is 1. The van der Waals surface area contributed by atoms with Crippen LogP contribution in [0, 0.1) is 0 Å². The number of nitrogens with one attached hydrogen (secondary N) is 1. The van der Waals surface area contributed by atoms with E-state index in [-0.39, 0.29) is 24.6 Å². The van der Waals surface area contributed by atoms with Crippen LogP contribution in [0.15, 0.2) is 0 Å². The summed E-state index contributed by atoms with van der Waals surface area (Å²) in [6, 6.07) is 0.232. The summed E-state index contributed by atoms with van der Waals surface area (Å²) in [6.07, 6.45) is 0.790. The maximum Gasteiger partial charge on any atom is 0.246 e. The van der Waals surface area contributed by atoms with Crippen LogP contribution >= 0.6 is 0 Å². The van der Waals surface area contributed by atoms with Crippen LogP contribution < -0.4 is 11.1 Å². The second-order valence-corrected chi connectivity index (χ2v) is 3.32. The Labute approximate surface area is 79.8 Å². The minimum atomic E-state index is -0.0741. The number of hydrogen-bond donors (Lipinski definition) is 2. The molecule has 0 aromatic rings. The van der Waals surface area contributed by atoms with Crippen molar-refractivity contribution in [2.75, 3.05) is 13.2 Å². The van der Waals surface area contributed by atoms with Gasteiger partial charge in [0.15, 0.2) is 0 Å². The zero-order valence-corrected chi connectivity index (χ0v) is 8.67. The van der Waals surface area contributed by atoms with Gasteiger partial charge in [0.25, 0.3) is 0 Å². The van der Waals surface area contributed by atoms with Gasteiger partial charge in [0.1, 0.15) is 6.61 Å². The van der Waals surface area contributed by atoms with Gasteiger partial charge in [0.05, 0.1) is 0 Å². The molecule has 0 rings (SSSR count). The molecule has 0 aromatic carbocycles. The summed E-state index contributed by atoms with van der Waals surface area (Å²) >= 11 is 0. The lowest BCUT2D eigenvalue weighted by atomic mass is 10.1. The highest BCUT2D eigenvalue weighted by Gasteiger charge is 2.08. The molecule has 0 saturated heterocycles. The second kappa shape index (κ2) is 6.86. The van der Waals surface area contributed by atoms with E-state index in [4.69, 9.17) is 10.5 Å². The summed E-state index contributed by atoms with van der Waals surface area (Å²) in [7, 11) is 0. The van der Waals surface area contributed by atoms with Crippen molar-refractivity contribution in [3.8, 4) is 0 Å². The van der Waals surface area contributed by atoms with E-state index in [1.165, 1.54) is 0 Å². The van der Waals surface area contributed by atoms with Crippen molar-refractivity contribution < 1.29 is 9.53 Å². The molecule has 13 heavy (non-hydrogen) atoms. The number of carbonyl (C=O) groups is 1. The highest BCUT2D eigenvalue weighted by molar-refractivity contribution is 5.77. The first-order valence-electron chi connectivity index (χ1n) is 4.69. The lowest BCUT2D eigenvalue weighted by Gasteiger charge is -2.15. The molecule has 1 amide bonds.